The minimum Gasteiger partial charge on any atom is -0.489 e. The summed E-state index contributed by atoms with van der Waals surface area (Å²) < 4.78 is 6.36. The summed E-state index contributed by atoms with van der Waals surface area (Å²) in [5.41, 5.74) is 0.860. The third-order valence-electron chi connectivity index (χ3n) is 13.3. The molecule has 4 atom stereocenters. The van der Waals surface area contributed by atoms with E-state index in [1.54, 1.807) is 54.7 Å². The first kappa shape index (κ1) is 51.9. The number of rotatable bonds is 18. The third-order valence-corrected chi connectivity index (χ3v) is 13.9. The van der Waals surface area contributed by atoms with Crippen LogP contribution in [0.2, 0.25) is 10.0 Å². The number of carbonyl (C=O) groups is 5. The number of benzene rings is 2. The third kappa shape index (κ3) is 12.6. The summed E-state index contributed by atoms with van der Waals surface area (Å²) in [5, 5.41) is 32.2. The molecule has 3 aromatic rings. The zero-order valence-electron chi connectivity index (χ0n) is 40.0. The number of nitriles is 1. The maximum atomic E-state index is 13.6. The summed E-state index contributed by atoms with van der Waals surface area (Å²) >= 11 is 12.2. The first-order valence-corrected chi connectivity index (χ1v) is 24.1. The second-order valence-corrected chi connectivity index (χ2v) is 20.7. The number of pyridine rings is 1. The first-order valence-electron chi connectivity index (χ1n) is 23.4. The van der Waals surface area contributed by atoms with Gasteiger partial charge in [-0.15, -0.1) is 0 Å². The molecule has 5 N–H and O–H groups in total. The monoisotopic (exact) mass is 973 g/mol. The molecule has 6 rings (SSSR count). The number of nitrogens with one attached hydrogen (secondary N) is 4. The van der Waals surface area contributed by atoms with E-state index in [0.29, 0.717) is 46.3 Å². The Balaban J connectivity index is 0.915. The summed E-state index contributed by atoms with van der Waals surface area (Å²) in [6, 6.07) is 14.8. The van der Waals surface area contributed by atoms with Gasteiger partial charge < -0.3 is 40.9 Å². The molecule has 68 heavy (non-hydrogen) atoms. The molecule has 0 radical (unpaired) electrons. The molecule has 0 unspecified atom stereocenters. The number of nitrogens with zero attached hydrogens (tertiary/aromatic N) is 5. The molecular formula is C50H65Cl2N9O7. The Bertz CT molecular complexity index is 2320. The van der Waals surface area contributed by atoms with Gasteiger partial charge in [0.05, 0.1) is 22.3 Å². The average Bonchev–Trinajstić information content (AvgIpc) is 3.70. The maximum Gasteiger partial charge on any atom is 0.253 e. The standard InChI is InChI=1S/C50H65Cl2N9O7/c1-30(2)23-39(44(65)56-31(3)46(67)61-29-36(62)24-40(61)45(66)55-27-32-10-14-35(51)15-11-32)57-42(63)9-8-18-59-19-21-60(22-20-59)41-17-13-34(28-54-41)43(64)58-47-49(4,5)48(50(47,6)7)68-37-16-12-33(26-53)38(52)25-37/h10-17,25,28,30-31,36,39-40,47-48,62H,8-9,18-24,27,29H2,1-7H3,(H,55,66)(H,56,65)(H,57,63)(H,58,64)/t31-,36+,39-,40-,47-,48-/m0/s1. The zero-order chi connectivity index (χ0) is 49.5. The van der Waals surface area contributed by atoms with E-state index in [9.17, 15) is 34.3 Å². The van der Waals surface area contributed by atoms with Crippen LogP contribution in [-0.2, 0) is 25.7 Å². The Morgan fingerprint density at radius 1 is 0.941 bits per heavy atom. The molecule has 0 bridgehead atoms. The van der Waals surface area contributed by atoms with Crippen molar-refractivity contribution in [1.82, 2.24) is 36.1 Å². The van der Waals surface area contributed by atoms with E-state index in [1.165, 1.54) is 11.8 Å². The fourth-order valence-corrected chi connectivity index (χ4v) is 10.3. The smallest absolute Gasteiger partial charge is 0.253 e. The van der Waals surface area contributed by atoms with Crippen LogP contribution in [-0.4, -0.2) is 125 Å². The van der Waals surface area contributed by atoms with E-state index in [1.807, 2.05) is 19.9 Å². The molecule has 1 aromatic heterocycles. The number of aromatic nitrogens is 1. The van der Waals surface area contributed by atoms with Gasteiger partial charge >= 0.3 is 0 Å². The van der Waals surface area contributed by atoms with Crippen molar-refractivity contribution >= 4 is 58.6 Å². The largest absolute Gasteiger partial charge is 0.489 e. The van der Waals surface area contributed by atoms with Crippen molar-refractivity contribution in [3.63, 3.8) is 0 Å². The van der Waals surface area contributed by atoms with Crippen molar-refractivity contribution < 1.29 is 33.8 Å². The molecule has 0 spiro atoms. The molecule has 16 nitrogen and oxygen atoms in total. The SMILES string of the molecule is CC(C)C[C@H](NC(=O)CCCN1CCN(c2ccc(C(=O)N[C@H]3C(C)(C)[C@H](Oc4ccc(C#N)c(Cl)c4)C3(C)C)cn2)CC1)C(=O)N[C@@H](C)C(=O)N1C[C@H](O)C[C@H]1C(=O)NCc1ccc(Cl)cc1. The lowest BCUT2D eigenvalue weighted by molar-refractivity contribution is -0.164. The molecule has 1 aliphatic carbocycles. The van der Waals surface area contributed by atoms with Gasteiger partial charge in [0, 0.05) is 86.3 Å². The van der Waals surface area contributed by atoms with Gasteiger partial charge in [-0.25, -0.2) is 4.98 Å². The number of ether oxygens (including phenoxy) is 1. The summed E-state index contributed by atoms with van der Waals surface area (Å²) in [4.78, 5) is 77.3. The molecule has 3 heterocycles. The van der Waals surface area contributed by atoms with Crippen LogP contribution in [0.3, 0.4) is 0 Å². The van der Waals surface area contributed by atoms with Crippen LogP contribution in [0, 0.1) is 28.1 Å². The number of halogens is 2. The number of piperazine rings is 1. The van der Waals surface area contributed by atoms with E-state index in [2.05, 4.69) is 69.8 Å². The molecule has 5 amide bonds. The Labute approximate surface area is 409 Å². The molecule has 18 heteroatoms. The molecule has 3 fully saturated rings. The zero-order valence-corrected chi connectivity index (χ0v) is 41.5. The van der Waals surface area contributed by atoms with Crippen LogP contribution in [0.15, 0.2) is 60.8 Å². The van der Waals surface area contributed by atoms with E-state index in [-0.39, 0.29) is 55.8 Å². The topological polar surface area (TPSA) is 209 Å². The minimum absolute atomic E-state index is 0.0400. The predicted molar refractivity (Wildman–Crippen MR) is 260 cm³/mol. The van der Waals surface area contributed by atoms with E-state index in [4.69, 9.17) is 27.9 Å². The van der Waals surface area contributed by atoms with Crippen LogP contribution in [0.5, 0.6) is 5.75 Å². The highest BCUT2D eigenvalue weighted by Crippen LogP contribution is 2.55. The first-order chi connectivity index (χ1) is 32.2. The van der Waals surface area contributed by atoms with Crippen molar-refractivity contribution in [2.75, 3.05) is 44.2 Å². The normalized spacial score (nSPS) is 21.7. The van der Waals surface area contributed by atoms with Crippen molar-refractivity contribution in [2.45, 2.75) is 117 Å². The van der Waals surface area contributed by atoms with Gasteiger partial charge in [0.25, 0.3) is 5.91 Å². The number of hydrogen-bond acceptors (Lipinski definition) is 11. The second-order valence-electron chi connectivity index (χ2n) is 19.9. The maximum absolute atomic E-state index is 13.6. The molecule has 3 aliphatic rings. The molecule has 366 valence electrons. The van der Waals surface area contributed by atoms with Crippen molar-refractivity contribution in [3.05, 3.63) is 87.5 Å². The van der Waals surface area contributed by atoms with Gasteiger partial charge in [-0.2, -0.15) is 5.26 Å². The highest BCUT2D eigenvalue weighted by Gasteiger charge is 2.64. The predicted octanol–water partition coefficient (Wildman–Crippen LogP) is 5.09. The number of β-amino-alcohol motifs (C(OH)–C–C–N with tert-alkyl or cyclic N) is 1. The highest BCUT2D eigenvalue weighted by atomic mass is 35.5. The number of amides is 5. The van der Waals surface area contributed by atoms with Gasteiger partial charge in [0.15, 0.2) is 0 Å². The average molecular weight is 975 g/mol. The number of anilines is 1. The fraction of sp³-hybridized carbons (Fsp3) is 0.540. The number of likely N-dealkylation sites (tertiary alicyclic amines) is 1. The Kier molecular flexibility index (Phi) is 17.0. The Morgan fingerprint density at radius 3 is 2.25 bits per heavy atom. The number of hydrogen-bond donors (Lipinski definition) is 5. The van der Waals surface area contributed by atoms with E-state index >= 15 is 0 Å². The van der Waals surface area contributed by atoms with Gasteiger partial charge in [-0.3, -0.25) is 28.9 Å². The lowest BCUT2D eigenvalue weighted by Gasteiger charge is -2.63. The van der Waals surface area contributed by atoms with Crippen molar-refractivity contribution in [1.29, 1.82) is 5.26 Å². The molecule has 2 aromatic carbocycles. The van der Waals surface area contributed by atoms with Crippen molar-refractivity contribution in [3.8, 4) is 11.8 Å². The van der Waals surface area contributed by atoms with E-state index < -0.39 is 52.8 Å². The molecule has 2 aliphatic heterocycles. The van der Waals surface area contributed by atoms with Crippen LogP contribution in [0.1, 0.15) is 95.6 Å². The van der Waals surface area contributed by atoms with Crippen LogP contribution in [0.4, 0.5) is 5.82 Å². The highest BCUT2D eigenvalue weighted by molar-refractivity contribution is 6.31. The summed E-state index contributed by atoms with van der Waals surface area (Å²) in [6.07, 6.45) is 1.74. The Hall–Kier alpha value is -5.47. The minimum atomic E-state index is -1.01. The van der Waals surface area contributed by atoms with E-state index in [0.717, 1.165) is 37.6 Å². The number of aliphatic hydroxyl groups is 1. The van der Waals surface area contributed by atoms with Crippen molar-refractivity contribution in [2.24, 2.45) is 16.7 Å². The lowest BCUT2D eigenvalue weighted by atomic mass is 9.49. The van der Waals surface area contributed by atoms with Crippen LogP contribution < -0.4 is 30.9 Å². The molecule has 1 saturated carbocycles. The fourth-order valence-electron chi connectivity index (χ4n) is 9.99. The van der Waals surface area contributed by atoms with Gasteiger partial charge in [-0.05, 0) is 74.2 Å². The van der Waals surface area contributed by atoms with Gasteiger partial charge in [0.2, 0.25) is 23.6 Å². The molecular weight excluding hydrogens is 910 g/mol. The summed E-state index contributed by atoms with van der Waals surface area (Å²) in [7, 11) is 0. The number of carbonyl (C=O) groups excluding carboxylic acids is 5. The van der Waals surface area contributed by atoms with Crippen LogP contribution >= 0.6 is 23.2 Å². The quantitative estimate of drug-likeness (QED) is 0.114. The van der Waals surface area contributed by atoms with Gasteiger partial charge in [0.1, 0.15) is 41.9 Å². The molecule has 2 saturated heterocycles. The Morgan fingerprint density at radius 2 is 1.63 bits per heavy atom. The second kappa shape index (κ2) is 22.3. The number of aliphatic hydroxyl groups excluding tert-OH is 1. The van der Waals surface area contributed by atoms with Crippen LogP contribution in [0.25, 0.3) is 0 Å². The lowest BCUT2D eigenvalue weighted by Crippen LogP contribution is -2.74. The van der Waals surface area contributed by atoms with Gasteiger partial charge in [-0.1, -0.05) is 76.9 Å². The summed E-state index contributed by atoms with van der Waals surface area (Å²) in [6.45, 7) is 17.5. The summed E-state index contributed by atoms with van der Waals surface area (Å²) in [5.74, 6) is -0.460.